The van der Waals surface area contributed by atoms with Crippen LogP contribution in [0, 0.1) is 0 Å². The monoisotopic (exact) mass is 420 g/mol. The molecule has 0 saturated carbocycles. The standard InChI is InChI=1S/C15H20N2O8S2/c16-13(23)5-4-26-14(17-5)7-1-9(6(19)3-24-7)27-15-12(22)11(21)10(20)8(2-18)25-15/h1,4,6,8-12,15,18-22H,2-3H2,(H2,16,23)/t6-,8-,9-,10-,11+,12-,15+/m1/s1. The van der Waals surface area contributed by atoms with Crippen LogP contribution in [0.25, 0.3) is 5.76 Å². The summed E-state index contributed by atoms with van der Waals surface area (Å²) in [5, 5.41) is 50.7. The number of hydrogen-bond donors (Lipinski definition) is 6. The molecule has 1 fully saturated rings. The molecule has 3 heterocycles. The van der Waals surface area contributed by atoms with Gasteiger partial charge in [0.25, 0.3) is 5.91 Å². The first kappa shape index (κ1) is 20.5. The summed E-state index contributed by atoms with van der Waals surface area (Å²) in [7, 11) is 0. The number of rotatable bonds is 5. The maximum absolute atomic E-state index is 11.2. The average Bonchev–Trinajstić information content (AvgIpc) is 3.14. The highest BCUT2D eigenvalue weighted by Gasteiger charge is 2.45. The van der Waals surface area contributed by atoms with Crippen LogP contribution in [0.2, 0.25) is 0 Å². The fourth-order valence-electron chi connectivity index (χ4n) is 2.68. The first-order chi connectivity index (χ1) is 12.8. The molecule has 27 heavy (non-hydrogen) atoms. The predicted molar refractivity (Wildman–Crippen MR) is 95.7 cm³/mol. The van der Waals surface area contributed by atoms with Gasteiger partial charge in [0.1, 0.15) is 48.3 Å². The highest BCUT2D eigenvalue weighted by atomic mass is 32.2. The van der Waals surface area contributed by atoms with Crippen LogP contribution in [0.1, 0.15) is 15.5 Å². The molecule has 0 radical (unpaired) electrons. The lowest BCUT2D eigenvalue weighted by Gasteiger charge is -2.41. The Kier molecular flexibility index (Phi) is 6.38. The topological polar surface area (TPSA) is 176 Å². The third kappa shape index (κ3) is 4.27. The van der Waals surface area contributed by atoms with Gasteiger partial charge in [0, 0.05) is 5.38 Å². The van der Waals surface area contributed by atoms with E-state index in [0.717, 1.165) is 23.1 Å². The molecule has 1 aromatic heterocycles. The minimum atomic E-state index is -1.49. The Hall–Kier alpha value is -1.25. The number of ether oxygens (including phenoxy) is 2. The molecule has 2 aliphatic rings. The highest BCUT2D eigenvalue weighted by molar-refractivity contribution is 8.00. The van der Waals surface area contributed by atoms with E-state index >= 15 is 0 Å². The van der Waals surface area contributed by atoms with Gasteiger partial charge in [-0.2, -0.15) is 0 Å². The third-order valence-electron chi connectivity index (χ3n) is 4.21. The lowest BCUT2D eigenvalue weighted by molar-refractivity contribution is -0.205. The Morgan fingerprint density at radius 1 is 1.30 bits per heavy atom. The zero-order valence-electron chi connectivity index (χ0n) is 13.9. The van der Waals surface area contributed by atoms with Crippen molar-refractivity contribution in [3.63, 3.8) is 0 Å². The Morgan fingerprint density at radius 2 is 2.04 bits per heavy atom. The van der Waals surface area contributed by atoms with Crippen molar-refractivity contribution in [2.45, 2.75) is 41.2 Å². The molecule has 150 valence electrons. The van der Waals surface area contributed by atoms with E-state index in [1.807, 2.05) is 0 Å². The van der Waals surface area contributed by atoms with Crippen molar-refractivity contribution in [2.24, 2.45) is 5.73 Å². The lowest BCUT2D eigenvalue weighted by atomic mass is 10.0. The molecule has 1 amide bonds. The van der Waals surface area contributed by atoms with Gasteiger partial charge in [-0.1, -0.05) is 0 Å². The van der Waals surface area contributed by atoms with Crippen molar-refractivity contribution in [1.29, 1.82) is 0 Å². The smallest absolute Gasteiger partial charge is 0.268 e. The van der Waals surface area contributed by atoms with E-state index < -0.39 is 53.7 Å². The van der Waals surface area contributed by atoms with Gasteiger partial charge in [0.2, 0.25) is 0 Å². The van der Waals surface area contributed by atoms with E-state index in [0.29, 0.717) is 10.8 Å². The van der Waals surface area contributed by atoms with E-state index in [-0.39, 0.29) is 12.3 Å². The number of carbonyl (C=O) groups is 1. The van der Waals surface area contributed by atoms with Gasteiger partial charge >= 0.3 is 0 Å². The average molecular weight is 420 g/mol. The predicted octanol–water partition coefficient (Wildman–Crippen LogP) is -2.12. The zero-order chi connectivity index (χ0) is 19.7. The van der Waals surface area contributed by atoms with Gasteiger partial charge in [0.05, 0.1) is 11.9 Å². The van der Waals surface area contributed by atoms with Gasteiger partial charge in [-0.25, -0.2) is 4.98 Å². The van der Waals surface area contributed by atoms with Crippen molar-refractivity contribution in [2.75, 3.05) is 13.2 Å². The summed E-state index contributed by atoms with van der Waals surface area (Å²) in [6, 6.07) is 0. The van der Waals surface area contributed by atoms with Crippen LogP contribution in [0.3, 0.4) is 0 Å². The summed E-state index contributed by atoms with van der Waals surface area (Å²) >= 11 is 2.17. The molecule has 0 aliphatic carbocycles. The fourth-order valence-corrected chi connectivity index (χ4v) is 4.76. The molecule has 0 spiro atoms. The van der Waals surface area contributed by atoms with Crippen molar-refractivity contribution in [3.05, 3.63) is 22.2 Å². The maximum atomic E-state index is 11.2. The Bertz CT molecular complexity index is 712. The molecule has 12 heteroatoms. The highest BCUT2D eigenvalue weighted by Crippen LogP contribution is 2.36. The minimum Gasteiger partial charge on any atom is -0.488 e. The largest absolute Gasteiger partial charge is 0.488 e. The second kappa shape index (κ2) is 8.41. The summed E-state index contributed by atoms with van der Waals surface area (Å²) in [6.45, 7) is -0.582. The Labute approximate surface area is 162 Å². The number of thiazole rings is 1. The van der Waals surface area contributed by atoms with Crippen molar-refractivity contribution in [3.8, 4) is 0 Å². The van der Waals surface area contributed by atoms with Crippen LogP contribution in [-0.2, 0) is 9.47 Å². The summed E-state index contributed by atoms with van der Waals surface area (Å²) in [5.41, 5.74) is 4.30. The van der Waals surface area contributed by atoms with E-state index in [4.69, 9.17) is 15.2 Å². The van der Waals surface area contributed by atoms with Crippen LogP contribution < -0.4 is 5.73 Å². The third-order valence-corrected chi connectivity index (χ3v) is 6.49. The zero-order valence-corrected chi connectivity index (χ0v) is 15.5. The van der Waals surface area contributed by atoms with Gasteiger partial charge in [-0.3, -0.25) is 4.79 Å². The van der Waals surface area contributed by atoms with Crippen LogP contribution in [0.15, 0.2) is 11.5 Å². The molecule has 3 rings (SSSR count). The number of hydrogen-bond acceptors (Lipinski definition) is 11. The van der Waals surface area contributed by atoms with Gasteiger partial charge in [-0.15, -0.1) is 23.1 Å². The number of nitrogens with two attached hydrogens (primary N) is 1. The molecule has 1 saturated heterocycles. The van der Waals surface area contributed by atoms with Crippen LogP contribution in [0.5, 0.6) is 0 Å². The molecule has 10 nitrogen and oxygen atoms in total. The molecule has 2 aliphatic heterocycles. The number of nitrogens with zero attached hydrogens (tertiary/aromatic N) is 1. The van der Waals surface area contributed by atoms with Gasteiger partial charge in [0.15, 0.2) is 10.8 Å². The summed E-state index contributed by atoms with van der Waals surface area (Å²) in [5.74, 6) is -0.318. The van der Waals surface area contributed by atoms with Crippen LogP contribution in [0.4, 0.5) is 0 Å². The molecule has 7 N–H and O–H groups in total. The van der Waals surface area contributed by atoms with E-state index in [2.05, 4.69) is 4.98 Å². The first-order valence-corrected chi connectivity index (χ1v) is 9.88. The van der Waals surface area contributed by atoms with Crippen molar-refractivity contribution in [1.82, 2.24) is 4.98 Å². The van der Waals surface area contributed by atoms with E-state index in [1.165, 1.54) is 5.38 Å². The number of aromatic nitrogens is 1. The maximum Gasteiger partial charge on any atom is 0.268 e. The van der Waals surface area contributed by atoms with Crippen molar-refractivity contribution >= 4 is 34.8 Å². The SMILES string of the molecule is NC(=O)c1csc(C2=C[C@@H](S[C@@H]3O[C@H](CO)[C@@H](O)[C@H](O)[C@H]3O)[C@H](O)CO2)n1. The molecule has 0 unspecified atom stereocenters. The number of aliphatic hydroxyl groups is 5. The summed E-state index contributed by atoms with van der Waals surface area (Å²) in [4.78, 5) is 15.3. The molecule has 0 bridgehead atoms. The second-order valence-electron chi connectivity index (χ2n) is 6.11. The summed E-state index contributed by atoms with van der Waals surface area (Å²) < 4.78 is 10.9. The Morgan fingerprint density at radius 3 is 2.67 bits per heavy atom. The molecule has 1 aromatic rings. The van der Waals surface area contributed by atoms with E-state index in [9.17, 15) is 30.3 Å². The van der Waals surface area contributed by atoms with E-state index in [1.54, 1.807) is 6.08 Å². The number of amides is 1. The summed E-state index contributed by atoms with van der Waals surface area (Å²) in [6.07, 6.45) is -4.74. The molecular formula is C15H20N2O8S2. The quantitative estimate of drug-likeness (QED) is 0.309. The lowest BCUT2D eigenvalue weighted by Crippen LogP contribution is -2.58. The number of carbonyl (C=O) groups excluding carboxylic acids is 1. The molecular weight excluding hydrogens is 400 g/mol. The second-order valence-corrected chi connectivity index (χ2v) is 8.25. The number of aliphatic hydroxyl groups excluding tert-OH is 5. The molecule has 0 aromatic carbocycles. The number of primary amides is 1. The molecule has 7 atom stereocenters. The fraction of sp³-hybridized carbons (Fsp3) is 0.600. The normalized spacial score (nSPS) is 36.8. The van der Waals surface area contributed by atoms with Gasteiger partial charge < -0.3 is 40.7 Å². The minimum absolute atomic E-state index is 0.0492. The van der Waals surface area contributed by atoms with Crippen LogP contribution in [-0.4, -0.2) is 90.8 Å². The van der Waals surface area contributed by atoms with Crippen LogP contribution >= 0.6 is 23.1 Å². The number of thioether (sulfide) groups is 1. The Balaban J connectivity index is 1.77. The first-order valence-electron chi connectivity index (χ1n) is 8.06. The van der Waals surface area contributed by atoms with Gasteiger partial charge in [-0.05, 0) is 6.08 Å². The van der Waals surface area contributed by atoms with Crippen molar-refractivity contribution < 1.29 is 39.8 Å².